The highest BCUT2D eigenvalue weighted by Crippen LogP contribution is 2.35. The van der Waals surface area contributed by atoms with E-state index in [1.54, 1.807) is 6.20 Å². The van der Waals surface area contributed by atoms with Crippen molar-refractivity contribution in [1.29, 1.82) is 0 Å². The summed E-state index contributed by atoms with van der Waals surface area (Å²) in [5, 5.41) is 10.3. The number of carboxylic acids is 1. The first kappa shape index (κ1) is 14.7. The molecular weight excluding hydrogens is 302 g/mol. The van der Waals surface area contributed by atoms with Crippen LogP contribution in [-0.2, 0) is 4.79 Å². The zero-order valence-electron chi connectivity index (χ0n) is 12.4. The SMILES string of the molecule is CN(C)c1nsc(N2C[C@@H](C(=O)O)[C@H](c3ccccn3)C2)n1. The van der Waals surface area contributed by atoms with Crippen LogP contribution in [0.25, 0.3) is 0 Å². The number of aliphatic carboxylic acids is 1. The lowest BCUT2D eigenvalue weighted by molar-refractivity contribution is -0.141. The lowest BCUT2D eigenvalue weighted by Crippen LogP contribution is -2.23. The largest absolute Gasteiger partial charge is 0.481 e. The fourth-order valence-corrected chi connectivity index (χ4v) is 3.38. The van der Waals surface area contributed by atoms with Crippen LogP contribution >= 0.6 is 11.5 Å². The van der Waals surface area contributed by atoms with Gasteiger partial charge in [-0.1, -0.05) is 6.07 Å². The molecule has 2 atom stereocenters. The summed E-state index contributed by atoms with van der Waals surface area (Å²) >= 11 is 1.30. The fourth-order valence-electron chi connectivity index (χ4n) is 2.62. The molecule has 0 aliphatic carbocycles. The van der Waals surface area contributed by atoms with Gasteiger partial charge < -0.3 is 14.9 Å². The molecule has 1 saturated heterocycles. The summed E-state index contributed by atoms with van der Waals surface area (Å²) < 4.78 is 4.28. The standard InChI is InChI=1S/C14H17N5O2S/c1-18(2)13-16-14(22-17-13)19-7-9(10(8-19)12(20)21)11-5-3-4-6-15-11/h3-6,9-10H,7-8H2,1-2H3,(H,20,21)/t9-,10-/m1/s1. The number of carbonyl (C=O) groups is 1. The topological polar surface area (TPSA) is 82.5 Å². The van der Waals surface area contributed by atoms with Crippen LogP contribution in [-0.4, -0.2) is 52.6 Å². The molecule has 0 aromatic carbocycles. The second-order valence-corrected chi connectivity index (χ2v) is 6.21. The number of rotatable bonds is 4. The zero-order chi connectivity index (χ0) is 15.7. The second kappa shape index (κ2) is 5.88. The number of hydrogen-bond acceptors (Lipinski definition) is 7. The minimum Gasteiger partial charge on any atom is -0.481 e. The highest BCUT2D eigenvalue weighted by molar-refractivity contribution is 7.09. The normalized spacial score (nSPS) is 21.1. The van der Waals surface area contributed by atoms with E-state index in [-0.39, 0.29) is 5.92 Å². The summed E-state index contributed by atoms with van der Waals surface area (Å²) in [4.78, 5) is 24.2. The van der Waals surface area contributed by atoms with Crippen molar-refractivity contribution in [2.75, 3.05) is 37.0 Å². The van der Waals surface area contributed by atoms with Crippen molar-refractivity contribution in [3.05, 3.63) is 30.1 Å². The molecule has 8 heteroatoms. The molecule has 0 unspecified atom stereocenters. The Labute approximate surface area is 132 Å². The van der Waals surface area contributed by atoms with Gasteiger partial charge in [0, 0.05) is 56.5 Å². The van der Waals surface area contributed by atoms with Gasteiger partial charge in [-0.05, 0) is 12.1 Å². The van der Waals surface area contributed by atoms with Crippen LogP contribution in [0.15, 0.2) is 24.4 Å². The van der Waals surface area contributed by atoms with Gasteiger partial charge >= 0.3 is 5.97 Å². The van der Waals surface area contributed by atoms with E-state index in [1.165, 1.54) is 11.5 Å². The zero-order valence-corrected chi connectivity index (χ0v) is 13.2. The Hall–Kier alpha value is -2.22. The van der Waals surface area contributed by atoms with E-state index in [0.717, 1.165) is 10.8 Å². The van der Waals surface area contributed by atoms with Gasteiger partial charge in [-0.15, -0.1) is 0 Å². The monoisotopic (exact) mass is 319 g/mol. The minimum atomic E-state index is -0.796. The molecule has 116 valence electrons. The van der Waals surface area contributed by atoms with Crippen molar-refractivity contribution in [2.45, 2.75) is 5.92 Å². The summed E-state index contributed by atoms with van der Waals surface area (Å²) in [5.41, 5.74) is 0.815. The molecule has 0 spiro atoms. The van der Waals surface area contributed by atoms with Crippen molar-refractivity contribution >= 4 is 28.6 Å². The number of carboxylic acid groups (broad SMARTS) is 1. The number of nitrogens with zero attached hydrogens (tertiary/aromatic N) is 5. The van der Waals surface area contributed by atoms with Crippen LogP contribution in [0.1, 0.15) is 11.6 Å². The molecule has 1 aliphatic heterocycles. The summed E-state index contributed by atoms with van der Waals surface area (Å²) in [6.07, 6.45) is 1.70. The molecule has 22 heavy (non-hydrogen) atoms. The third-order valence-electron chi connectivity index (χ3n) is 3.78. The molecule has 0 bridgehead atoms. The van der Waals surface area contributed by atoms with Crippen molar-refractivity contribution in [3.8, 4) is 0 Å². The Morgan fingerprint density at radius 3 is 2.82 bits per heavy atom. The molecule has 1 aliphatic rings. The van der Waals surface area contributed by atoms with Gasteiger partial charge in [0.15, 0.2) is 0 Å². The van der Waals surface area contributed by atoms with Crippen LogP contribution in [0, 0.1) is 5.92 Å². The van der Waals surface area contributed by atoms with E-state index >= 15 is 0 Å². The summed E-state index contributed by atoms with van der Waals surface area (Å²) in [6.45, 7) is 1.02. The maximum Gasteiger partial charge on any atom is 0.309 e. The van der Waals surface area contributed by atoms with E-state index in [4.69, 9.17) is 0 Å². The van der Waals surface area contributed by atoms with Gasteiger partial charge in [0.25, 0.3) is 0 Å². The Morgan fingerprint density at radius 1 is 1.41 bits per heavy atom. The van der Waals surface area contributed by atoms with Gasteiger partial charge in [0.1, 0.15) is 0 Å². The first-order chi connectivity index (χ1) is 10.6. The average Bonchev–Trinajstić information content (AvgIpc) is 3.15. The molecule has 2 aromatic heterocycles. The highest BCUT2D eigenvalue weighted by Gasteiger charge is 2.40. The molecule has 1 fully saturated rings. The van der Waals surface area contributed by atoms with Gasteiger partial charge in [-0.25, -0.2) is 0 Å². The van der Waals surface area contributed by atoms with E-state index in [9.17, 15) is 9.90 Å². The lowest BCUT2D eigenvalue weighted by Gasteiger charge is -2.14. The summed E-state index contributed by atoms with van der Waals surface area (Å²) in [5.74, 6) is -0.768. The Bertz CT molecular complexity index is 660. The Morgan fingerprint density at radius 2 is 2.23 bits per heavy atom. The number of aromatic nitrogens is 3. The van der Waals surface area contributed by atoms with E-state index < -0.39 is 11.9 Å². The molecule has 1 N–H and O–H groups in total. The number of hydrogen-bond donors (Lipinski definition) is 1. The number of pyridine rings is 1. The summed E-state index contributed by atoms with van der Waals surface area (Å²) in [7, 11) is 3.76. The lowest BCUT2D eigenvalue weighted by atomic mass is 9.93. The second-order valence-electron chi connectivity index (χ2n) is 5.48. The van der Waals surface area contributed by atoms with Crippen molar-refractivity contribution in [2.24, 2.45) is 5.92 Å². The van der Waals surface area contributed by atoms with E-state index in [1.807, 2.05) is 42.1 Å². The first-order valence-corrected chi connectivity index (χ1v) is 7.73. The van der Waals surface area contributed by atoms with Gasteiger partial charge in [0.2, 0.25) is 11.1 Å². The Balaban J connectivity index is 1.85. The molecule has 3 rings (SSSR count). The predicted molar refractivity (Wildman–Crippen MR) is 84.6 cm³/mol. The van der Waals surface area contributed by atoms with E-state index in [0.29, 0.717) is 19.0 Å². The molecule has 0 radical (unpaired) electrons. The highest BCUT2D eigenvalue weighted by atomic mass is 32.1. The minimum absolute atomic E-state index is 0.134. The van der Waals surface area contributed by atoms with Crippen LogP contribution < -0.4 is 9.80 Å². The summed E-state index contributed by atoms with van der Waals surface area (Å²) in [6, 6.07) is 5.61. The number of anilines is 2. The van der Waals surface area contributed by atoms with Crippen molar-refractivity contribution < 1.29 is 9.90 Å². The molecule has 7 nitrogen and oxygen atoms in total. The van der Waals surface area contributed by atoms with Gasteiger partial charge in [0.05, 0.1) is 5.92 Å². The fraction of sp³-hybridized carbons (Fsp3) is 0.429. The van der Waals surface area contributed by atoms with Crippen LogP contribution in [0.2, 0.25) is 0 Å². The smallest absolute Gasteiger partial charge is 0.309 e. The average molecular weight is 319 g/mol. The van der Waals surface area contributed by atoms with Crippen LogP contribution in [0.5, 0.6) is 0 Å². The molecular formula is C14H17N5O2S. The predicted octanol–water partition coefficient (Wildman–Crippen LogP) is 1.30. The third-order valence-corrected chi connectivity index (χ3v) is 4.55. The first-order valence-electron chi connectivity index (χ1n) is 6.96. The van der Waals surface area contributed by atoms with Crippen LogP contribution in [0.3, 0.4) is 0 Å². The van der Waals surface area contributed by atoms with Crippen LogP contribution in [0.4, 0.5) is 11.1 Å². The van der Waals surface area contributed by atoms with E-state index in [2.05, 4.69) is 14.3 Å². The molecule has 0 amide bonds. The molecule has 0 saturated carbocycles. The third kappa shape index (κ3) is 2.74. The van der Waals surface area contributed by atoms with Crippen molar-refractivity contribution in [3.63, 3.8) is 0 Å². The quantitative estimate of drug-likeness (QED) is 0.909. The van der Waals surface area contributed by atoms with Gasteiger partial charge in [-0.2, -0.15) is 9.36 Å². The van der Waals surface area contributed by atoms with Gasteiger partial charge in [-0.3, -0.25) is 9.78 Å². The van der Waals surface area contributed by atoms with Crippen molar-refractivity contribution in [1.82, 2.24) is 14.3 Å². The Kier molecular flexibility index (Phi) is 3.93. The maximum atomic E-state index is 11.6. The molecule has 3 heterocycles. The molecule has 2 aromatic rings. The maximum absolute atomic E-state index is 11.6.